The number of carbonyl (C=O) groups excluding carboxylic acids is 3. The number of nitrogens with zero attached hydrogens (tertiary/aromatic N) is 2. The van der Waals surface area contributed by atoms with Gasteiger partial charge in [0.1, 0.15) is 0 Å². The van der Waals surface area contributed by atoms with Crippen LogP contribution in [-0.4, -0.2) is 53.8 Å². The van der Waals surface area contributed by atoms with Gasteiger partial charge in [0.15, 0.2) is 0 Å². The van der Waals surface area contributed by atoms with Gasteiger partial charge in [-0.15, -0.1) is 0 Å². The summed E-state index contributed by atoms with van der Waals surface area (Å²) in [6, 6.07) is 14.4. The first-order valence-electron chi connectivity index (χ1n) is 10.5. The molecule has 2 heterocycles. The van der Waals surface area contributed by atoms with Crippen molar-refractivity contribution in [1.82, 2.24) is 20.4 Å². The number of nitrogens with one attached hydrogen (secondary N) is 2. The van der Waals surface area contributed by atoms with Gasteiger partial charge in [0.05, 0.1) is 19.1 Å². The van der Waals surface area contributed by atoms with Gasteiger partial charge in [-0.05, 0) is 55.3 Å². The molecule has 2 saturated heterocycles. The Morgan fingerprint density at radius 2 is 1.77 bits per heavy atom. The van der Waals surface area contributed by atoms with Crippen molar-refractivity contribution in [3.8, 4) is 0 Å². The summed E-state index contributed by atoms with van der Waals surface area (Å²) in [5.74, 6) is -0.419. The largest absolute Gasteiger partial charge is 0.350 e. The van der Waals surface area contributed by atoms with Crippen LogP contribution >= 0.6 is 11.6 Å². The van der Waals surface area contributed by atoms with E-state index in [1.165, 1.54) is 4.90 Å². The van der Waals surface area contributed by atoms with Gasteiger partial charge in [0.2, 0.25) is 5.91 Å². The number of halogens is 1. The van der Waals surface area contributed by atoms with E-state index in [1.807, 2.05) is 24.3 Å². The highest BCUT2D eigenvalue weighted by Crippen LogP contribution is 2.29. The molecule has 0 bridgehead atoms. The lowest BCUT2D eigenvalue weighted by molar-refractivity contribution is -0.125. The molecule has 8 heteroatoms. The first-order chi connectivity index (χ1) is 15.0. The van der Waals surface area contributed by atoms with Gasteiger partial charge in [0, 0.05) is 17.1 Å². The molecule has 2 fully saturated rings. The van der Waals surface area contributed by atoms with E-state index in [0.717, 1.165) is 37.1 Å². The van der Waals surface area contributed by atoms with E-state index in [9.17, 15) is 14.4 Å². The van der Waals surface area contributed by atoms with Gasteiger partial charge < -0.3 is 10.6 Å². The molecule has 0 aromatic heterocycles. The summed E-state index contributed by atoms with van der Waals surface area (Å²) in [5, 5.41) is 6.24. The predicted octanol–water partition coefficient (Wildman–Crippen LogP) is 2.96. The zero-order valence-corrected chi connectivity index (χ0v) is 17.9. The Hall–Kier alpha value is -2.90. The molecule has 2 aromatic carbocycles. The molecule has 4 amide bonds. The summed E-state index contributed by atoms with van der Waals surface area (Å²) >= 11 is 6.44. The van der Waals surface area contributed by atoms with Crippen LogP contribution in [0.25, 0.3) is 0 Å². The molecule has 162 valence electrons. The van der Waals surface area contributed by atoms with Crippen LogP contribution in [0.3, 0.4) is 0 Å². The monoisotopic (exact) mass is 440 g/mol. The van der Waals surface area contributed by atoms with Crippen molar-refractivity contribution in [2.45, 2.75) is 25.4 Å². The molecule has 31 heavy (non-hydrogen) atoms. The van der Waals surface area contributed by atoms with Crippen LogP contribution in [0.2, 0.25) is 5.02 Å². The Kier molecular flexibility index (Phi) is 6.53. The summed E-state index contributed by atoms with van der Waals surface area (Å²) in [6.45, 7) is 2.67. The summed E-state index contributed by atoms with van der Waals surface area (Å²) in [4.78, 5) is 39.7. The molecule has 4 rings (SSSR count). The predicted molar refractivity (Wildman–Crippen MR) is 118 cm³/mol. The molecule has 0 saturated carbocycles. The van der Waals surface area contributed by atoms with E-state index >= 15 is 0 Å². The van der Waals surface area contributed by atoms with E-state index in [4.69, 9.17) is 11.6 Å². The second-order valence-corrected chi connectivity index (χ2v) is 8.23. The number of rotatable bonds is 7. The van der Waals surface area contributed by atoms with Crippen LogP contribution in [0.5, 0.6) is 0 Å². The maximum atomic E-state index is 12.7. The van der Waals surface area contributed by atoms with E-state index in [1.54, 1.807) is 24.3 Å². The van der Waals surface area contributed by atoms with Crippen LogP contribution < -0.4 is 10.6 Å². The van der Waals surface area contributed by atoms with E-state index in [2.05, 4.69) is 15.5 Å². The highest BCUT2D eigenvalue weighted by atomic mass is 35.5. The van der Waals surface area contributed by atoms with Crippen molar-refractivity contribution < 1.29 is 14.4 Å². The Labute approximate surface area is 186 Å². The zero-order valence-electron chi connectivity index (χ0n) is 17.1. The van der Waals surface area contributed by atoms with Crippen LogP contribution in [0.15, 0.2) is 48.5 Å². The maximum absolute atomic E-state index is 12.7. The zero-order chi connectivity index (χ0) is 21.8. The third-order valence-electron chi connectivity index (χ3n) is 5.80. The van der Waals surface area contributed by atoms with Crippen LogP contribution in [0.4, 0.5) is 4.79 Å². The topological polar surface area (TPSA) is 81.8 Å². The molecule has 1 unspecified atom stereocenters. The number of hydrogen-bond acceptors (Lipinski definition) is 4. The number of benzene rings is 2. The number of imide groups is 1. The highest BCUT2D eigenvalue weighted by molar-refractivity contribution is 6.31. The Morgan fingerprint density at radius 3 is 2.42 bits per heavy atom. The van der Waals surface area contributed by atoms with Gasteiger partial charge >= 0.3 is 6.03 Å². The van der Waals surface area contributed by atoms with Gasteiger partial charge in [-0.1, -0.05) is 41.9 Å². The third kappa shape index (κ3) is 4.89. The molecule has 0 aliphatic carbocycles. The fourth-order valence-electron chi connectivity index (χ4n) is 4.09. The lowest BCUT2D eigenvalue weighted by Gasteiger charge is -2.29. The lowest BCUT2D eigenvalue weighted by Crippen LogP contribution is -2.37. The van der Waals surface area contributed by atoms with Crippen LogP contribution in [0.1, 0.15) is 40.4 Å². The molecule has 2 N–H and O–H groups in total. The molecule has 2 aliphatic heterocycles. The first kappa shape index (κ1) is 21.3. The molecule has 0 radical (unpaired) electrons. The first-order valence-corrected chi connectivity index (χ1v) is 10.8. The number of carbonyl (C=O) groups is 3. The normalized spacial score (nSPS) is 17.6. The fraction of sp³-hybridized carbons (Fsp3) is 0.348. The average molecular weight is 441 g/mol. The number of urea groups is 1. The number of hydrogen-bond donors (Lipinski definition) is 2. The molecule has 1 atom stereocenters. The minimum absolute atomic E-state index is 0.0270. The van der Waals surface area contributed by atoms with Gasteiger partial charge in [-0.3, -0.25) is 19.4 Å². The van der Waals surface area contributed by atoms with Crippen molar-refractivity contribution in [3.63, 3.8) is 0 Å². The summed E-state index contributed by atoms with van der Waals surface area (Å²) < 4.78 is 0. The Balaban J connectivity index is 1.40. The Morgan fingerprint density at radius 1 is 1.06 bits per heavy atom. The van der Waals surface area contributed by atoms with E-state index in [0.29, 0.717) is 17.1 Å². The fourth-order valence-corrected chi connectivity index (χ4v) is 4.35. The molecular formula is C23H25ClN4O3. The summed E-state index contributed by atoms with van der Waals surface area (Å²) in [5.41, 5.74) is 2.34. The highest BCUT2D eigenvalue weighted by Gasteiger charge is 2.28. The average Bonchev–Trinajstić information content (AvgIpc) is 3.41. The van der Waals surface area contributed by atoms with Crippen molar-refractivity contribution in [2.75, 3.05) is 26.2 Å². The third-order valence-corrected chi connectivity index (χ3v) is 6.14. The maximum Gasteiger partial charge on any atom is 0.324 e. The standard InChI is InChI=1S/C23H25ClN4O3/c24-19-6-2-1-5-18(19)20(27-11-3-4-12-27)13-25-22(30)17-9-7-16(8-10-17)15-28-21(29)14-26-23(28)31/h1-2,5-10,20H,3-4,11-15H2,(H,25,30)(H,26,31). The van der Waals surface area contributed by atoms with Gasteiger partial charge in [-0.25, -0.2) is 4.79 Å². The van der Waals surface area contributed by atoms with Crippen LogP contribution in [-0.2, 0) is 11.3 Å². The lowest BCUT2D eigenvalue weighted by atomic mass is 10.0. The van der Waals surface area contributed by atoms with Crippen LogP contribution in [0, 0.1) is 0 Å². The van der Waals surface area contributed by atoms with Gasteiger partial charge in [-0.2, -0.15) is 0 Å². The molecule has 0 spiro atoms. The minimum Gasteiger partial charge on any atom is -0.350 e. The molecule has 7 nitrogen and oxygen atoms in total. The number of amides is 4. The Bertz CT molecular complexity index is 957. The molecule has 2 aromatic rings. The SMILES string of the molecule is O=C(NCC(c1ccccc1Cl)N1CCCC1)c1ccc(CN2C(=O)CNC2=O)cc1. The quantitative estimate of drug-likeness (QED) is 0.648. The van der Waals surface area contributed by atoms with Crippen molar-refractivity contribution in [3.05, 3.63) is 70.2 Å². The summed E-state index contributed by atoms with van der Waals surface area (Å²) in [6.07, 6.45) is 2.29. The van der Waals surface area contributed by atoms with Crippen molar-refractivity contribution >= 4 is 29.4 Å². The molecular weight excluding hydrogens is 416 g/mol. The van der Waals surface area contributed by atoms with Gasteiger partial charge in [0.25, 0.3) is 5.91 Å². The second kappa shape index (κ2) is 9.49. The minimum atomic E-state index is -0.389. The smallest absolute Gasteiger partial charge is 0.324 e. The van der Waals surface area contributed by atoms with E-state index in [-0.39, 0.29) is 37.0 Å². The number of likely N-dealkylation sites (tertiary alicyclic amines) is 1. The van der Waals surface area contributed by atoms with Crippen molar-refractivity contribution in [1.29, 1.82) is 0 Å². The summed E-state index contributed by atoms with van der Waals surface area (Å²) in [7, 11) is 0. The second-order valence-electron chi connectivity index (χ2n) is 7.83. The van der Waals surface area contributed by atoms with E-state index < -0.39 is 0 Å². The molecule has 2 aliphatic rings. The van der Waals surface area contributed by atoms with Crippen molar-refractivity contribution in [2.24, 2.45) is 0 Å².